The maximum atomic E-state index is 13.0. The standard InChI is InChI=1S/C24H21F5N2O2/c25-23(26)10-15(11-23)22(32)31-21-12-30-20-6-5-17(9-19(20)21)33-18-7-14(8-18)13-1-3-16(4-2-13)24(27,28)29/h1-6,9,12,14-15,18,30H,7-8,10-11H2,(H,31,32). The molecule has 2 fully saturated rings. The van der Waals surface area contributed by atoms with Crippen molar-refractivity contribution < 1.29 is 31.5 Å². The van der Waals surface area contributed by atoms with E-state index in [4.69, 9.17) is 4.74 Å². The zero-order valence-electron chi connectivity index (χ0n) is 17.4. The fourth-order valence-electron chi connectivity index (χ4n) is 4.43. The first-order chi connectivity index (χ1) is 15.6. The van der Waals surface area contributed by atoms with E-state index in [1.54, 1.807) is 18.3 Å². The van der Waals surface area contributed by atoms with Crippen molar-refractivity contribution in [1.29, 1.82) is 0 Å². The van der Waals surface area contributed by atoms with Crippen LogP contribution in [0.5, 0.6) is 5.75 Å². The number of hydrogen-bond donors (Lipinski definition) is 2. The number of fused-ring (bicyclic) bond motifs is 1. The number of nitrogens with one attached hydrogen (secondary N) is 2. The minimum Gasteiger partial charge on any atom is -0.490 e. The molecule has 0 saturated heterocycles. The van der Waals surface area contributed by atoms with E-state index in [1.807, 2.05) is 6.07 Å². The molecule has 9 heteroatoms. The average Bonchev–Trinajstić information content (AvgIpc) is 3.10. The lowest BCUT2D eigenvalue weighted by Gasteiger charge is -2.36. The first-order valence-electron chi connectivity index (χ1n) is 10.7. The molecule has 0 spiro atoms. The van der Waals surface area contributed by atoms with Gasteiger partial charge in [0.2, 0.25) is 11.8 Å². The molecule has 0 radical (unpaired) electrons. The van der Waals surface area contributed by atoms with Gasteiger partial charge in [-0.15, -0.1) is 0 Å². The number of carbonyl (C=O) groups is 1. The van der Waals surface area contributed by atoms with Gasteiger partial charge in [-0.2, -0.15) is 13.2 Å². The van der Waals surface area contributed by atoms with E-state index in [9.17, 15) is 26.7 Å². The Bertz CT molecular complexity index is 1170. The second kappa shape index (κ2) is 7.74. The number of amides is 1. The van der Waals surface area contributed by atoms with Gasteiger partial charge in [-0.1, -0.05) is 12.1 Å². The van der Waals surface area contributed by atoms with Crippen LogP contribution in [0.3, 0.4) is 0 Å². The molecule has 3 aromatic rings. The Kier molecular flexibility index (Phi) is 5.10. The van der Waals surface area contributed by atoms with Crippen molar-refractivity contribution in [2.45, 2.75) is 49.8 Å². The van der Waals surface area contributed by atoms with Gasteiger partial charge in [0.05, 0.1) is 17.4 Å². The molecule has 1 aromatic heterocycles. The Morgan fingerprint density at radius 1 is 1.06 bits per heavy atom. The Morgan fingerprint density at radius 2 is 1.76 bits per heavy atom. The summed E-state index contributed by atoms with van der Waals surface area (Å²) in [6.07, 6.45) is -2.28. The largest absolute Gasteiger partial charge is 0.490 e. The van der Waals surface area contributed by atoms with Crippen LogP contribution in [0, 0.1) is 5.92 Å². The van der Waals surface area contributed by atoms with Crippen LogP contribution in [-0.4, -0.2) is 22.9 Å². The van der Waals surface area contributed by atoms with Gasteiger partial charge in [0.15, 0.2) is 0 Å². The van der Waals surface area contributed by atoms with Gasteiger partial charge in [0, 0.05) is 35.9 Å². The molecular weight excluding hydrogens is 443 g/mol. The summed E-state index contributed by atoms with van der Waals surface area (Å²) < 4.78 is 70.3. The third kappa shape index (κ3) is 4.41. The zero-order chi connectivity index (χ0) is 23.4. The predicted molar refractivity (Wildman–Crippen MR) is 112 cm³/mol. The van der Waals surface area contributed by atoms with E-state index in [1.165, 1.54) is 12.1 Å². The molecule has 2 aliphatic rings. The molecule has 2 saturated carbocycles. The number of hydrogen-bond acceptors (Lipinski definition) is 2. The Balaban J connectivity index is 1.20. The summed E-state index contributed by atoms with van der Waals surface area (Å²) in [5.74, 6) is -3.13. The Labute approximate surface area is 186 Å². The maximum Gasteiger partial charge on any atom is 0.416 e. The van der Waals surface area contributed by atoms with Crippen molar-refractivity contribution in [1.82, 2.24) is 4.98 Å². The lowest BCUT2D eigenvalue weighted by Crippen LogP contribution is -2.42. The quantitative estimate of drug-likeness (QED) is 0.424. The molecule has 2 aromatic carbocycles. The van der Waals surface area contributed by atoms with E-state index < -0.39 is 42.3 Å². The first kappa shape index (κ1) is 21.7. The number of ether oxygens (including phenoxy) is 1. The van der Waals surface area contributed by atoms with Crippen LogP contribution in [0.25, 0.3) is 10.9 Å². The number of anilines is 1. The maximum absolute atomic E-state index is 13.0. The van der Waals surface area contributed by atoms with Crippen molar-refractivity contribution in [3.8, 4) is 5.75 Å². The van der Waals surface area contributed by atoms with Gasteiger partial charge in [0.1, 0.15) is 5.75 Å². The smallest absolute Gasteiger partial charge is 0.416 e. The molecule has 1 amide bonds. The van der Waals surface area contributed by atoms with E-state index >= 15 is 0 Å². The number of benzene rings is 2. The van der Waals surface area contributed by atoms with E-state index in [-0.39, 0.29) is 12.0 Å². The molecule has 0 unspecified atom stereocenters. The van der Waals surface area contributed by atoms with Crippen molar-refractivity contribution in [3.05, 3.63) is 59.8 Å². The predicted octanol–water partition coefficient (Wildman–Crippen LogP) is 6.50. The number of aromatic amines is 1. The fourth-order valence-corrected chi connectivity index (χ4v) is 4.43. The SMILES string of the molecule is O=C(Nc1c[nH]c2ccc(OC3CC(c4ccc(C(F)(F)F)cc4)C3)cc12)C1CC(F)(F)C1. The van der Waals surface area contributed by atoms with Crippen LogP contribution in [0.1, 0.15) is 42.7 Å². The van der Waals surface area contributed by atoms with Crippen LogP contribution in [0.2, 0.25) is 0 Å². The number of H-pyrrole nitrogens is 1. The second-order valence-electron chi connectivity index (χ2n) is 8.89. The number of rotatable bonds is 5. The van der Waals surface area contributed by atoms with E-state index in [0.29, 0.717) is 29.7 Å². The normalized spacial score (nSPS) is 22.5. The van der Waals surface area contributed by atoms with Gasteiger partial charge < -0.3 is 15.0 Å². The van der Waals surface area contributed by atoms with Crippen LogP contribution in [0.4, 0.5) is 27.6 Å². The van der Waals surface area contributed by atoms with Crippen molar-refractivity contribution in [2.75, 3.05) is 5.32 Å². The molecule has 33 heavy (non-hydrogen) atoms. The van der Waals surface area contributed by atoms with Crippen molar-refractivity contribution in [3.63, 3.8) is 0 Å². The topological polar surface area (TPSA) is 54.1 Å². The van der Waals surface area contributed by atoms with Gasteiger partial charge in [-0.3, -0.25) is 4.79 Å². The molecule has 2 N–H and O–H groups in total. The highest BCUT2D eigenvalue weighted by molar-refractivity contribution is 6.03. The summed E-state index contributed by atoms with van der Waals surface area (Å²) in [6.45, 7) is 0. The highest BCUT2D eigenvalue weighted by atomic mass is 19.4. The second-order valence-corrected chi connectivity index (χ2v) is 8.89. The molecule has 174 valence electrons. The molecule has 4 nitrogen and oxygen atoms in total. The third-order valence-electron chi connectivity index (χ3n) is 6.48. The van der Waals surface area contributed by atoms with Crippen LogP contribution < -0.4 is 10.1 Å². The van der Waals surface area contributed by atoms with Crippen LogP contribution in [-0.2, 0) is 11.0 Å². The van der Waals surface area contributed by atoms with Crippen LogP contribution in [0.15, 0.2) is 48.7 Å². The molecule has 0 atom stereocenters. The number of halogens is 5. The average molecular weight is 464 g/mol. The van der Waals surface area contributed by atoms with Gasteiger partial charge in [-0.25, -0.2) is 8.78 Å². The van der Waals surface area contributed by atoms with Gasteiger partial charge in [-0.05, 0) is 54.7 Å². The lowest BCUT2D eigenvalue weighted by molar-refractivity contribution is -0.145. The Hall–Kier alpha value is -3.10. The highest BCUT2D eigenvalue weighted by Crippen LogP contribution is 2.43. The summed E-state index contributed by atoms with van der Waals surface area (Å²) in [6, 6.07) is 10.6. The van der Waals surface area contributed by atoms with Gasteiger partial charge in [0.25, 0.3) is 0 Å². The summed E-state index contributed by atoms with van der Waals surface area (Å²) in [4.78, 5) is 15.3. The summed E-state index contributed by atoms with van der Waals surface area (Å²) >= 11 is 0. The molecule has 2 aliphatic carbocycles. The first-order valence-corrected chi connectivity index (χ1v) is 10.7. The summed E-state index contributed by atoms with van der Waals surface area (Å²) in [7, 11) is 0. The molecule has 5 rings (SSSR count). The summed E-state index contributed by atoms with van der Waals surface area (Å²) in [5, 5.41) is 3.43. The minimum absolute atomic E-state index is 0.0658. The molecule has 1 heterocycles. The van der Waals surface area contributed by atoms with Crippen LogP contribution >= 0.6 is 0 Å². The van der Waals surface area contributed by atoms with E-state index in [2.05, 4.69) is 10.3 Å². The highest BCUT2D eigenvalue weighted by Gasteiger charge is 2.48. The monoisotopic (exact) mass is 464 g/mol. The van der Waals surface area contributed by atoms with E-state index in [0.717, 1.165) is 23.2 Å². The molecular formula is C24H21F5N2O2. The molecule has 0 aliphatic heterocycles. The summed E-state index contributed by atoms with van der Waals surface area (Å²) in [5.41, 5.74) is 1.47. The minimum atomic E-state index is -4.35. The van der Waals surface area contributed by atoms with Crippen molar-refractivity contribution in [2.24, 2.45) is 5.92 Å². The lowest BCUT2D eigenvalue weighted by atomic mass is 9.77. The number of alkyl halides is 5. The zero-order valence-corrected chi connectivity index (χ0v) is 17.4. The number of aromatic nitrogens is 1. The van der Waals surface area contributed by atoms with Crippen molar-refractivity contribution >= 4 is 22.5 Å². The fraction of sp³-hybridized carbons (Fsp3) is 0.375. The third-order valence-corrected chi connectivity index (χ3v) is 6.48. The van der Waals surface area contributed by atoms with Gasteiger partial charge >= 0.3 is 6.18 Å². The Morgan fingerprint density at radius 3 is 2.39 bits per heavy atom. The number of carbonyl (C=O) groups excluding carboxylic acids is 1. The molecule has 0 bridgehead atoms.